The van der Waals surface area contributed by atoms with Crippen LogP contribution in [0.5, 0.6) is 0 Å². The van der Waals surface area contributed by atoms with Crippen molar-refractivity contribution in [2.45, 2.75) is 20.3 Å². The number of carbonyl (C=O) groups excluding carboxylic acids is 1. The highest BCUT2D eigenvalue weighted by molar-refractivity contribution is 5.74. The summed E-state index contributed by atoms with van der Waals surface area (Å²) in [6.45, 7) is 8.39. The van der Waals surface area contributed by atoms with Gasteiger partial charge in [-0.15, -0.1) is 0 Å². The third-order valence-electron chi connectivity index (χ3n) is 2.36. The third-order valence-corrected chi connectivity index (χ3v) is 2.36. The van der Waals surface area contributed by atoms with Crippen LogP contribution < -0.4 is 0 Å². The second-order valence-corrected chi connectivity index (χ2v) is 3.20. The van der Waals surface area contributed by atoms with Crippen LogP contribution in [-0.2, 0) is 9.53 Å². The number of rotatable bonds is 2. The van der Waals surface area contributed by atoms with E-state index in [2.05, 4.69) is 6.58 Å². The zero-order valence-corrected chi connectivity index (χ0v) is 7.09. The lowest BCUT2D eigenvalue weighted by atomic mass is 9.88. The van der Waals surface area contributed by atoms with Gasteiger partial charge in [0.25, 0.3) is 0 Å². The molecule has 0 spiro atoms. The number of carbonyl (C=O) groups is 1. The SMILES string of the molecule is C=C(C)C(C)C1CCOC1=O. The zero-order valence-electron chi connectivity index (χ0n) is 7.09. The highest BCUT2D eigenvalue weighted by Crippen LogP contribution is 2.27. The first-order valence-corrected chi connectivity index (χ1v) is 3.95. The first-order valence-electron chi connectivity index (χ1n) is 3.95. The van der Waals surface area contributed by atoms with Gasteiger partial charge >= 0.3 is 5.97 Å². The molecule has 2 heteroatoms. The molecule has 0 amide bonds. The summed E-state index contributed by atoms with van der Waals surface area (Å²) in [6.07, 6.45) is 0.854. The van der Waals surface area contributed by atoms with Gasteiger partial charge in [-0.3, -0.25) is 4.79 Å². The quantitative estimate of drug-likeness (QED) is 0.447. The van der Waals surface area contributed by atoms with E-state index in [1.165, 1.54) is 0 Å². The molecule has 2 nitrogen and oxygen atoms in total. The highest BCUT2D eigenvalue weighted by atomic mass is 16.5. The molecule has 1 rings (SSSR count). The minimum Gasteiger partial charge on any atom is -0.465 e. The van der Waals surface area contributed by atoms with Crippen LogP contribution in [0, 0.1) is 11.8 Å². The van der Waals surface area contributed by atoms with Crippen molar-refractivity contribution in [1.82, 2.24) is 0 Å². The van der Waals surface area contributed by atoms with E-state index >= 15 is 0 Å². The average Bonchev–Trinajstić information content (AvgIpc) is 2.33. The maximum atomic E-state index is 11.1. The smallest absolute Gasteiger partial charge is 0.309 e. The van der Waals surface area contributed by atoms with Crippen LogP contribution >= 0.6 is 0 Å². The Morgan fingerprint density at radius 2 is 2.45 bits per heavy atom. The molecule has 0 aliphatic carbocycles. The van der Waals surface area contributed by atoms with Crippen molar-refractivity contribution in [3.8, 4) is 0 Å². The Labute approximate surface area is 67.2 Å². The lowest BCUT2D eigenvalue weighted by molar-refractivity contribution is -0.142. The summed E-state index contributed by atoms with van der Waals surface area (Å²) >= 11 is 0. The van der Waals surface area contributed by atoms with Crippen molar-refractivity contribution in [3.05, 3.63) is 12.2 Å². The van der Waals surface area contributed by atoms with Crippen LogP contribution in [-0.4, -0.2) is 12.6 Å². The summed E-state index contributed by atoms with van der Waals surface area (Å²) in [5.74, 6) is 0.276. The monoisotopic (exact) mass is 154 g/mol. The van der Waals surface area contributed by atoms with Gasteiger partial charge in [-0.1, -0.05) is 19.1 Å². The molecule has 2 atom stereocenters. The van der Waals surface area contributed by atoms with Crippen molar-refractivity contribution in [1.29, 1.82) is 0 Å². The Kier molecular flexibility index (Phi) is 2.32. The van der Waals surface area contributed by atoms with Crippen LogP contribution in [0.2, 0.25) is 0 Å². The lowest BCUT2D eigenvalue weighted by Gasteiger charge is -2.14. The van der Waals surface area contributed by atoms with Crippen molar-refractivity contribution in [2.75, 3.05) is 6.61 Å². The van der Waals surface area contributed by atoms with Crippen LogP contribution in [0.3, 0.4) is 0 Å². The fourth-order valence-corrected chi connectivity index (χ4v) is 1.31. The molecule has 1 saturated heterocycles. The second kappa shape index (κ2) is 3.07. The number of hydrogen-bond donors (Lipinski definition) is 0. The minimum atomic E-state index is -0.0551. The molecule has 1 aliphatic heterocycles. The standard InChI is InChI=1S/C9H14O2/c1-6(2)7(3)8-4-5-11-9(8)10/h7-8H,1,4-5H2,2-3H3. The van der Waals surface area contributed by atoms with E-state index in [0.717, 1.165) is 12.0 Å². The van der Waals surface area contributed by atoms with E-state index in [0.29, 0.717) is 6.61 Å². The number of ether oxygens (including phenoxy) is 1. The van der Waals surface area contributed by atoms with Crippen molar-refractivity contribution in [3.63, 3.8) is 0 Å². The largest absolute Gasteiger partial charge is 0.465 e. The van der Waals surface area contributed by atoms with Gasteiger partial charge in [-0.05, 0) is 19.3 Å². The van der Waals surface area contributed by atoms with Gasteiger partial charge in [0, 0.05) is 0 Å². The number of cyclic esters (lactones) is 1. The van der Waals surface area contributed by atoms with Gasteiger partial charge in [-0.2, -0.15) is 0 Å². The Hall–Kier alpha value is -0.790. The fourth-order valence-electron chi connectivity index (χ4n) is 1.31. The molecule has 0 aromatic rings. The summed E-state index contributed by atoms with van der Waals surface area (Å²) < 4.78 is 4.86. The van der Waals surface area contributed by atoms with Crippen LogP contribution in [0.15, 0.2) is 12.2 Å². The lowest BCUT2D eigenvalue weighted by Crippen LogP contribution is -2.17. The van der Waals surface area contributed by atoms with Gasteiger partial charge < -0.3 is 4.74 Å². The Morgan fingerprint density at radius 1 is 1.82 bits per heavy atom. The summed E-state index contributed by atoms with van der Waals surface area (Å²) in [6, 6.07) is 0. The molecule has 0 radical (unpaired) electrons. The predicted octanol–water partition coefficient (Wildman–Crippen LogP) is 1.76. The number of esters is 1. The first-order chi connectivity index (χ1) is 5.13. The Morgan fingerprint density at radius 3 is 2.82 bits per heavy atom. The molecule has 2 unspecified atom stereocenters. The van der Waals surface area contributed by atoms with Crippen molar-refractivity contribution < 1.29 is 9.53 Å². The molecular weight excluding hydrogens is 140 g/mol. The average molecular weight is 154 g/mol. The maximum Gasteiger partial charge on any atom is 0.309 e. The van der Waals surface area contributed by atoms with Gasteiger partial charge in [0.2, 0.25) is 0 Å². The summed E-state index contributed by atoms with van der Waals surface area (Å²) in [4.78, 5) is 11.1. The molecule has 1 fully saturated rings. The fraction of sp³-hybridized carbons (Fsp3) is 0.667. The third kappa shape index (κ3) is 1.62. The predicted molar refractivity (Wildman–Crippen MR) is 43.0 cm³/mol. The Bertz CT molecular complexity index is 184. The summed E-state index contributed by atoms with van der Waals surface area (Å²) in [5.41, 5.74) is 1.06. The van der Waals surface area contributed by atoms with Gasteiger partial charge in [-0.25, -0.2) is 0 Å². The second-order valence-electron chi connectivity index (χ2n) is 3.20. The molecule has 0 saturated carbocycles. The van der Waals surface area contributed by atoms with E-state index < -0.39 is 0 Å². The van der Waals surface area contributed by atoms with Crippen LogP contribution in [0.4, 0.5) is 0 Å². The molecule has 1 heterocycles. The topological polar surface area (TPSA) is 26.3 Å². The molecule has 0 aromatic heterocycles. The molecule has 11 heavy (non-hydrogen) atoms. The normalized spacial score (nSPS) is 26.4. The van der Waals surface area contributed by atoms with E-state index in [-0.39, 0.29) is 17.8 Å². The minimum absolute atomic E-state index is 0.0551. The highest BCUT2D eigenvalue weighted by Gasteiger charge is 2.31. The van der Waals surface area contributed by atoms with E-state index in [9.17, 15) is 4.79 Å². The van der Waals surface area contributed by atoms with E-state index in [1.54, 1.807) is 0 Å². The molecule has 62 valence electrons. The molecular formula is C9H14O2. The van der Waals surface area contributed by atoms with Crippen molar-refractivity contribution >= 4 is 5.97 Å². The van der Waals surface area contributed by atoms with E-state index in [1.807, 2.05) is 13.8 Å². The van der Waals surface area contributed by atoms with Crippen LogP contribution in [0.25, 0.3) is 0 Å². The first kappa shape index (κ1) is 8.31. The van der Waals surface area contributed by atoms with Gasteiger partial charge in [0.15, 0.2) is 0 Å². The summed E-state index contributed by atoms with van der Waals surface area (Å²) in [5, 5.41) is 0. The zero-order chi connectivity index (χ0) is 8.43. The van der Waals surface area contributed by atoms with Gasteiger partial charge in [0.1, 0.15) is 0 Å². The molecule has 0 bridgehead atoms. The number of allylic oxidation sites excluding steroid dienone is 1. The van der Waals surface area contributed by atoms with Crippen LogP contribution in [0.1, 0.15) is 20.3 Å². The Balaban J connectivity index is 2.59. The van der Waals surface area contributed by atoms with Crippen molar-refractivity contribution in [2.24, 2.45) is 11.8 Å². The molecule has 0 aromatic carbocycles. The summed E-state index contributed by atoms with van der Waals surface area (Å²) in [7, 11) is 0. The molecule has 1 aliphatic rings. The van der Waals surface area contributed by atoms with Gasteiger partial charge in [0.05, 0.1) is 12.5 Å². The molecule has 0 N–H and O–H groups in total. The van der Waals surface area contributed by atoms with E-state index in [4.69, 9.17) is 4.74 Å². The maximum absolute atomic E-state index is 11.1. The number of hydrogen-bond acceptors (Lipinski definition) is 2.